The van der Waals surface area contributed by atoms with Crippen molar-refractivity contribution in [3.05, 3.63) is 42.2 Å². The van der Waals surface area contributed by atoms with Gasteiger partial charge in [-0.05, 0) is 25.1 Å². The number of rotatable bonds is 8. The number of nitrogens with zero attached hydrogens (tertiary/aromatic N) is 2. The molecule has 0 saturated carbocycles. The van der Waals surface area contributed by atoms with Gasteiger partial charge in [0, 0.05) is 32.5 Å². The van der Waals surface area contributed by atoms with Crippen LogP contribution in [0.15, 0.2) is 36.5 Å². The van der Waals surface area contributed by atoms with Gasteiger partial charge in [0.05, 0.1) is 24.6 Å². The van der Waals surface area contributed by atoms with Crippen molar-refractivity contribution in [1.29, 1.82) is 0 Å². The fourth-order valence-electron chi connectivity index (χ4n) is 1.87. The van der Waals surface area contributed by atoms with Gasteiger partial charge in [0.2, 0.25) is 0 Å². The Morgan fingerprint density at radius 1 is 1.30 bits per heavy atom. The lowest BCUT2D eigenvalue weighted by Crippen LogP contribution is -2.18. The van der Waals surface area contributed by atoms with E-state index < -0.39 is 0 Å². The molecule has 2 rings (SSSR count). The fourth-order valence-corrected chi connectivity index (χ4v) is 1.87. The molecule has 1 heterocycles. The zero-order valence-corrected chi connectivity index (χ0v) is 12.0. The predicted octanol–water partition coefficient (Wildman–Crippen LogP) is 2.01. The highest BCUT2D eigenvalue weighted by Crippen LogP contribution is 2.16. The van der Waals surface area contributed by atoms with E-state index in [0.717, 1.165) is 30.2 Å². The molecule has 5 nitrogen and oxygen atoms in total. The van der Waals surface area contributed by atoms with E-state index in [0.29, 0.717) is 13.2 Å². The molecule has 0 atom stereocenters. The van der Waals surface area contributed by atoms with Gasteiger partial charge in [-0.25, -0.2) is 4.68 Å². The van der Waals surface area contributed by atoms with Gasteiger partial charge in [-0.15, -0.1) is 0 Å². The van der Waals surface area contributed by atoms with Crippen LogP contribution in [0, 0.1) is 0 Å². The second-order valence-corrected chi connectivity index (χ2v) is 4.35. The second-order valence-electron chi connectivity index (χ2n) is 4.35. The first-order chi connectivity index (χ1) is 9.83. The standard InChI is InChI=1S/C15H21N3O2/c1-3-20-15-6-4-5-14(11-15)18-9-7-13(17-18)12-16-8-10-19-2/h4-7,9,11,16H,3,8,10,12H2,1-2H3. The Bertz CT molecular complexity index is 525. The summed E-state index contributed by atoms with van der Waals surface area (Å²) >= 11 is 0. The van der Waals surface area contributed by atoms with Crippen LogP contribution in [0.25, 0.3) is 5.69 Å². The minimum atomic E-state index is 0.664. The van der Waals surface area contributed by atoms with Gasteiger partial charge in [-0.2, -0.15) is 5.10 Å². The summed E-state index contributed by atoms with van der Waals surface area (Å²) < 4.78 is 12.3. The van der Waals surface area contributed by atoms with Crippen LogP contribution in [0.1, 0.15) is 12.6 Å². The average molecular weight is 275 g/mol. The summed E-state index contributed by atoms with van der Waals surface area (Å²) in [7, 11) is 1.70. The van der Waals surface area contributed by atoms with Crippen molar-refractivity contribution in [1.82, 2.24) is 15.1 Å². The number of benzene rings is 1. The highest BCUT2D eigenvalue weighted by Gasteiger charge is 2.02. The fraction of sp³-hybridized carbons (Fsp3) is 0.400. The Labute approximate surface area is 119 Å². The van der Waals surface area contributed by atoms with E-state index >= 15 is 0 Å². The van der Waals surface area contributed by atoms with Crippen molar-refractivity contribution >= 4 is 0 Å². The molecule has 1 aromatic heterocycles. The first-order valence-electron chi connectivity index (χ1n) is 6.81. The number of hydrogen-bond donors (Lipinski definition) is 1. The smallest absolute Gasteiger partial charge is 0.121 e. The Kier molecular flexibility index (Phi) is 5.58. The highest BCUT2D eigenvalue weighted by molar-refractivity contribution is 5.38. The van der Waals surface area contributed by atoms with E-state index in [1.807, 2.05) is 48.1 Å². The van der Waals surface area contributed by atoms with Crippen LogP contribution in [0.3, 0.4) is 0 Å². The van der Waals surface area contributed by atoms with Gasteiger partial charge in [0.25, 0.3) is 0 Å². The van der Waals surface area contributed by atoms with Gasteiger partial charge < -0.3 is 14.8 Å². The molecule has 0 bridgehead atoms. The molecule has 0 fully saturated rings. The average Bonchev–Trinajstić information content (AvgIpc) is 2.93. The summed E-state index contributed by atoms with van der Waals surface area (Å²) in [6.07, 6.45) is 1.96. The van der Waals surface area contributed by atoms with Crippen LogP contribution < -0.4 is 10.1 Å². The predicted molar refractivity (Wildman–Crippen MR) is 78.3 cm³/mol. The molecular formula is C15H21N3O2. The van der Waals surface area contributed by atoms with E-state index in [2.05, 4.69) is 10.4 Å². The zero-order chi connectivity index (χ0) is 14.2. The Balaban J connectivity index is 1.99. The molecule has 0 saturated heterocycles. The Hall–Kier alpha value is -1.85. The number of hydrogen-bond acceptors (Lipinski definition) is 4. The van der Waals surface area contributed by atoms with Crippen LogP contribution in [0.2, 0.25) is 0 Å². The monoisotopic (exact) mass is 275 g/mol. The molecule has 0 amide bonds. The third kappa shape index (κ3) is 4.08. The summed E-state index contributed by atoms with van der Waals surface area (Å²) in [5.74, 6) is 0.861. The SMILES string of the molecule is CCOc1cccc(-n2ccc(CNCCOC)n2)c1. The lowest BCUT2D eigenvalue weighted by Gasteiger charge is -2.06. The van der Waals surface area contributed by atoms with Gasteiger partial charge in [-0.3, -0.25) is 0 Å². The van der Waals surface area contributed by atoms with Crippen molar-refractivity contribution in [2.75, 3.05) is 26.9 Å². The summed E-state index contributed by atoms with van der Waals surface area (Å²) in [5.41, 5.74) is 2.00. The molecule has 0 radical (unpaired) electrons. The maximum atomic E-state index is 5.50. The first-order valence-corrected chi connectivity index (χ1v) is 6.81. The number of aromatic nitrogens is 2. The third-order valence-corrected chi connectivity index (χ3v) is 2.83. The largest absolute Gasteiger partial charge is 0.494 e. The van der Waals surface area contributed by atoms with Crippen molar-refractivity contribution in [2.24, 2.45) is 0 Å². The number of ether oxygens (including phenoxy) is 2. The van der Waals surface area contributed by atoms with Gasteiger partial charge >= 0.3 is 0 Å². The molecule has 0 spiro atoms. The normalized spacial score (nSPS) is 10.7. The highest BCUT2D eigenvalue weighted by atomic mass is 16.5. The van der Waals surface area contributed by atoms with E-state index in [9.17, 15) is 0 Å². The lowest BCUT2D eigenvalue weighted by molar-refractivity contribution is 0.199. The zero-order valence-electron chi connectivity index (χ0n) is 12.0. The molecule has 5 heteroatoms. The molecule has 1 aromatic carbocycles. The van der Waals surface area contributed by atoms with Crippen LogP contribution in [-0.4, -0.2) is 36.6 Å². The van der Waals surface area contributed by atoms with Crippen molar-refractivity contribution < 1.29 is 9.47 Å². The molecule has 20 heavy (non-hydrogen) atoms. The molecule has 0 unspecified atom stereocenters. The summed E-state index contributed by atoms with van der Waals surface area (Å²) in [6.45, 7) is 4.91. The summed E-state index contributed by atoms with van der Waals surface area (Å²) in [4.78, 5) is 0. The van der Waals surface area contributed by atoms with Gasteiger partial charge in [-0.1, -0.05) is 6.07 Å². The Morgan fingerprint density at radius 2 is 2.20 bits per heavy atom. The number of nitrogens with one attached hydrogen (secondary N) is 1. The van der Waals surface area contributed by atoms with Gasteiger partial charge in [0.15, 0.2) is 0 Å². The van der Waals surface area contributed by atoms with Crippen molar-refractivity contribution in [3.63, 3.8) is 0 Å². The molecule has 108 valence electrons. The molecule has 0 aliphatic rings. The lowest BCUT2D eigenvalue weighted by atomic mass is 10.3. The third-order valence-electron chi connectivity index (χ3n) is 2.83. The quantitative estimate of drug-likeness (QED) is 0.749. The van der Waals surface area contributed by atoms with Gasteiger partial charge in [0.1, 0.15) is 5.75 Å². The summed E-state index contributed by atoms with van der Waals surface area (Å²) in [5, 5.41) is 7.81. The molecule has 0 aliphatic carbocycles. The van der Waals surface area contributed by atoms with Crippen molar-refractivity contribution in [2.45, 2.75) is 13.5 Å². The topological polar surface area (TPSA) is 48.3 Å². The summed E-state index contributed by atoms with van der Waals surface area (Å²) in [6, 6.07) is 9.92. The van der Waals surface area contributed by atoms with Crippen LogP contribution >= 0.6 is 0 Å². The number of methoxy groups -OCH3 is 1. The molecule has 2 aromatic rings. The van der Waals surface area contributed by atoms with Crippen LogP contribution in [-0.2, 0) is 11.3 Å². The van der Waals surface area contributed by atoms with Crippen LogP contribution in [0.5, 0.6) is 5.75 Å². The first kappa shape index (κ1) is 14.6. The molecule has 0 aliphatic heterocycles. The van der Waals surface area contributed by atoms with Crippen molar-refractivity contribution in [3.8, 4) is 11.4 Å². The molecular weight excluding hydrogens is 254 g/mol. The van der Waals surface area contributed by atoms with E-state index in [1.54, 1.807) is 7.11 Å². The minimum Gasteiger partial charge on any atom is -0.494 e. The maximum Gasteiger partial charge on any atom is 0.121 e. The maximum absolute atomic E-state index is 5.50. The van der Waals surface area contributed by atoms with E-state index in [4.69, 9.17) is 9.47 Å². The second kappa shape index (κ2) is 7.67. The minimum absolute atomic E-state index is 0.664. The van der Waals surface area contributed by atoms with E-state index in [-0.39, 0.29) is 0 Å². The Morgan fingerprint density at radius 3 is 3.00 bits per heavy atom. The van der Waals surface area contributed by atoms with Crippen LogP contribution in [0.4, 0.5) is 0 Å². The molecule has 1 N–H and O–H groups in total. The van der Waals surface area contributed by atoms with E-state index in [1.165, 1.54) is 0 Å².